The molecule has 37 heavy (non-hydrogen) atoms. The maximum Gasteiger partial charge on any atom is 0.267 e. The second kappa shape index (κ2) is 9.85. The average molecular weight is 498 g/mol. The van der Waals surface area contributed by atoms with Crippen LogP contribution < -0.4 is 10.3 Å². The fraction of sp³-hybridized carbons (Fsp3) is 0.250. The number of nitrogens with zero attached hydrogens (tertiary/aromatic N) is 5. The number of allylic oxidation sites excluding steroid dienone is 1. The van der Waals surface area contributed by atoms with E-state index in [2.05, 4.69) is 9.97 Å². The van der Waals surface area contributed by atoms with Crippen LogP contribution in [0, 0.1) is 6.92 Å². The normalized spacial score (nSPS) is 14.2. The second-order valence-corrected chi connectivity index (χ2v) is 8.86. The number of aromatic nitrogens is 4. The molecular weight excluding hydrogens is 470 g/mol. The van der Waals surface area contributed by atoms with Crippen molar-refractivity contribution < 1.29 is 13.9 Å². The third-order valence-corrected chi connectivity index (χ3v) is 6.45. The summed E-state index contributed by atoms with van der Waals surface area (Å²) in [5, 5.41) is 0.436. The van der Waals surface area contributed by atoms with Crippen LogP contribution in [0.2, 0.25) is 0 Å². The zero-order valence-corrected chi connectivity index (χ0v) is 21.2. The topological polar surface area (TPSA) is 103 Å². The monoisotopic (exact) mass is 497 g/mol. The fourth-order valence-corrected chi connectivity index (χ4v) is 4.64. The van der Waals surface area contributed by atoms with Gasteiger partial charge in [-0.05, 0) is 62.7 Å². The second-order valence-electron chi connectivity index (χ2n) is 8.86. The number of aryl methyl sites for hydroxylation is 1. The van der Waals surface area contributed by atoms with E-state index < -0.39 is 0 Å². The average Bonchev–Trinajstić information content (AvgIpc) is 3.52. The molecule has 188 valence electrons. The minimum Gasteiger partial charge on any atom is -0.497 e. The molecule has 5 rings (SSSR count). The maximum absolute atomic E-state index is 13.6. The van der Waals surface area contributed by atoms with Crippen LogP contribution in [0.1, 0.15) is 31.3 Å². The van der Waals surface area contributed by atoms with Crippen LogP contribution in [0.3, 0.4) is 0 Å². The summed E-state index contributed by atoms with van der Waals surface area (Å²) in [6, 6.07) is 10.8. The first-order valence-electron chi connectivity index (χ1n) is 12.0. The number of carbonyl (C=O) groups excluding carboxylic acids is 1. The van der Waals surface area contributed by atoms with Crippen LogP contribution in [0.25, 0.3) is 22.3 Å². The lowest BCUT2D eigenvalue weighted by molar-refractivity contribution is -0.125. The van der Waals surface area contributed by atoms with Gasteiger partial charge in [-0.25, -0.2) is 15.0 Å². The fourth-order valence-electron chi connectivity index (χ4n) is 4.64. The number of benzene rings is 1. The van der Waals surface area contributed by atoms with Gasteiger partial charge in [0.15, 0.2) is 5.65 Å². The Balaban J connectivity index is 1.48. The molecule has 0 saturated heterocycles. The SMILES string of the molecule is C/C=C(\C1=C(C)CN(CCc2nc3nc(C)ccc3c(=O)n2-c2ccc(OC)cc2)C1=O)c1ncco1. The van der Waals surface area contributed by atoms with E-state index in [4.69, 9.17) is 14.1 Å². The molecule has 0 N–H and O–H groups in total. The van der Waals surface area contributed by atoms with Crippen LogP contribution in [-0.2, 0) is 11.2 Å². The van der Waals surface area contributed by atoms with Gasteiger partial charge in [-0.15, -0.1) is 0 Å². The predicted octanol–water partition coefficient (Wildman–Crippen LogP) is 3.89. The number of hydrogen-bond donors (Lipinski definition) is 0. The van der Waals surface area contributed by atoms with Crippen LogP contribution >= 0.6 is 0 Å². The summed E-state index contributed by atoms with van der Waals surface area (Å²) in [4.78, 5) is 42.2. The zero-order chi connectivity index (χ0) is 26.1. The maximum atomic E-state index is 13.6. The van der Waals surface area contributed by atoms with Crippen molar-refractivity contribution >= 4 is 22.5 Å². The van der Waals surface area contributed by atoms with Gasteiger partial charge in [0.05, 0.1) is 30.0 Å². The first kappa shape index (κ1) is 24.2. The van der Waals surface area contributed by atoms with Gasteiger partial charge in [0, 0.05) is 30.8 Å². The highest BCUT2D eigenvalue weighted by molar-refractivity contribution is 6.10. The minimum absolute atomic E-state index is 0.100. The highest BCUT2D eigenvalue weighted by atomic mass is 16.5. The minimum atomic E-state index is -0.208. The van der Waals surface area contributed by atoms with Crippen LogP contribution in [0.5, 0.6) is 5.75 Å². The third-order valence-electron chi connectivity index (χ3n) is 6.45. The van der Waals surface area contributed by atoms with Crippen molar-refractivity contribution in [2.24, 2.45) is 0 Å². The van der Waals surface area contributed by atoms with E-state index in [1.807, 2.05) is 39.0 Å². The highest BCUT2D eigenvalue weighted by Crippen LogP contribution is 2.31. The summed E-state index contributed by atoms with van der Waals surface area (Å²) in [6.45, 7) is 6.51. The van der Waals surface area contributed by atoms with E-state index >= 15 is 0 Å². The van der Waals surface area contributed by atoms with Crippen LogP contribution in [0.15, 0.2) is 75.3 Å². The van der Waals surface area contributed by atoms with E-state index in [-0.39, 0.29) is 11.5 Å². The molecule has 0 saturated carbocycles. The summed E-state index contributed by atoms with van der Waals surface area (Å²) in [5.41, 5.74) is 3.84. The number of carbonyl (C=O) groups is 1. The molecule has 1 aromatic carbocycles. The first-order valence-corrected chi connectivity index (χ1v) is 12.0. The van der Waals surface area contributed by atoms with Gasteiger partial charge < -0.3 is 14.1 Å². The number of hydrogen-bond acceptors (Lipinski definition) is 7. The highest BCUT2D eigenvalue weighted by Gasteiger charge is 2.32. The standard InChI is InChI=1S/C28H27N5O4/c1-5-21(26-29-13-15-37-26)24-17(2)16-32(28(24)35)14-12-23-31-25-22(11-6-18(3)30-25)27(34)33(23)19-7-9-20(36-4)10-8-19/h5-11,13,15H,12,14,16H2,1-4H3/b21-5+. The van der Waals surface area contributed by atoms with Crippen molar-refractivity contribution in [1.82, 2.24) is 24.4 Å². The zero-order valence-electron chi connectivity index (χ0n) is 21.2. The molecule has 1 amide bonds. The van der Waals surface area contributed by atoms with Gasteiger partial charge in [0.2, 0.25) is 5.89 Å². The van der Waals surface area contributed by atoms with Crippen molar-refractivity contribution in [2.75, 3.05) is 20.2 Å². The largest absolute Gasteiger partial charge is 0.497 e. The van der Waals surface area contributed by atoms with Crippen molar-refractivity contribution in [2.45, 2.75) is 27.2 Å². The summed E-state index contributed by atoms with van der Waals surface area (Å²) in [6.07, 6.45) is 5.26. The van der Waals surface area contributed by atoms with Gasteiger partial charge in [-0.1, -0.05) is 6.08 Å². The van der Waals surface area contributed by atoms with Gasteiger partial charge in [-0.3, -0.25) is 14.2 Å². The predicted molar refractivity (Wildman–Crippen MR) is 140 cm³/mol. The van der Waals surface area contributed by atoms with Gasteiger partial charge in [-0.2, -0.15) is 0 Å². The number of rotatable bonds is 7. The lowest BCUT2D eigenvalue weighted by Gasteiger charge is -2.19. The molecule has 9 heteroatoms. The molecule has 0 unspecified atom stereocenters. The number of ether oxygens (including phenoxy) is 1. The number of methoxy groups -OCH3 is 1. The molecule has 4 aromatic rings. The molecule has 0 bridgehead atoms. The summed E-state index contributed by atoms with van der Waals surface area (Å²) in [7, 11) is 1.59. The molecule has 0 atom stereocenters. The Hall–Kier alpha value is -4.53. The van der Waals surface area contributed by atoms with E-state index in [1.54, 1.807) is 47.0 Å². The molecular formula is C28H27N5O4. The van der Waals surface area contributed by atoms with Gasteiger partial charge >= 0.3 is 0 Å². The molecule has 4 heterocycles. The molecule has 9 nitrogen and oxygen atoms in total. The van der Waals surface area contributed by atoms with E-state index in [0.29, 0.717) is 64.8 Å². The Kier molecular flexibility index (Phi) is 6.43. The van der Waals surface area contributed by atoms with Crippen molar-refractivity contribution in [1.29, 1.82) is 0 Å². The van der Waals surface area contributed by atoms with E-state index in [9.17, 15) is 9.59 Å². The number of fused-ring (bicyclic) bond motifs is 1. The van der Waals surface area contributed by atoms with Gasteiger partial charge in [0.1, 0.15) is 17.8 Å². The Morgan fingerprint density at radius 1 is 1.11 bits per heavy atom. The summed E-state index contributed by atoms with van der Waals surface area (Å²) < 4.78 is 12.3. The number of pyridine rings is 1. The molecule has 0 radical (unpaired) electrons. The van der Waals surface area contributed by atoms with Gasteiger partial charge in [0.25, 0.3) is 11.5 Å². The number of oxazole rings is 1. The van der Waals surface area contributed by atoms with Crippen molar-refractivity contribution in [3.05, 3.63) is 93.8 Å². The van der Waals surface area contributed by atoms with Crippen LogP contribution in [-0.4, -0.2) is 50.5 Å². The molecule has 0 spiro atoms. The Morgan fingerprint density at radius 3 is 2.57 bits per heavy atom. The molecule has 0 fully saturated rings. The van der Waals surface area contributed by atoms with E-state index in [1.165, 1.54) is 6.26 Å². The number of amides is 1. The lowest BCUT2D eigenvalue weighted by atomic mass is 10.0. The van der Waals surface area contributed by atoms with E-state index in [0.717, 1.165) is 11.3 Å². The molecule has 3 aromatic heterocycles. The third kappa shape index (κ3) is 4.44. The quantitative estimate of drug-likeness (QED) is 0.382. The Morgan fingerprint density at radius 2 is 1.89 bits per heavy atom. The Labute approximate surface area is 213 Å². The lowest BCUT2D eigenvalue weighted by Crippen LogP contribution is -2.32. The summed E-state index contributed by atoms with van der Waals surface area (Å²) in [5.74, 6) is 1.53. The van der Waals surface area contributed by atoms with Crippen molar-refractivity contribution in [3.63, 3.8) is 0 Å². The van der Waals surface area contributed by atoms with Crippen molar-refractivity contribution in [3.8, 4) is 11.4 Å². The molecule has 0 aliphatic carbocycles. The molecule has 1 aliphatic rings. The molecule has 1 aliphatic heterocycles. The smallest absolute Gasteiger partial charge is 0.267 e. The first-order chi connectivity index (χ1) is 17.9. The summed E-state index contributed by atoms with van der Waals surface area (Å²) >= 11 is 0. The Bertz CT molecular complexity index is 1600. The van der Waals surface area contributed by atoms with Crippen LogP contribution in [0.4, 0.5) is 0 Å².